The van der Waals surface area contributed by atoms with Crippen LogP contribution >= 0.6 is 0 Å². The molecule has 13 nitrogen and oxygen atoms in total. The molecule has 1 aliphatic rings. The maximum absolute atomic E-state index is 13.5. The van der Waals surface area contributed by atoms with E-state index in [4.69, 9.17) is 18.6 Å². The van der Waals surface area contributed by atoms with Crippen molar-refractivity contribution in [2.75, 3.05) is 6.61 Å². The summed E-state index contributed by atoms with van der Waals surface area (Å²) in [6, 6.07) is 13.4. The first-order chi connectivity index (χ1) is 20.5. The van der Waals surface area contributed by atoms with E-state index in [1.54, 1.807) is 12.1 Å². The summed E-state index contributed by atoms with van der Waals surface area (Å²) in [6.07, 6.45) is -6.17. The highest BCUT2D eigenvalue weighted by molar-refractivity contribution is 5.88. The molecule has 3 unspecified atom stereocenters. The Morgan fingerprint density at radius 2 is 1.49 bits per heavy atom. The summed E-state index contributed by atoms with van der Waals surface area (Å²) in [5.74, 6) is -2.70. The molecule has 1 fully saturated rings. The first kappa shape index (κ1) is 29.4. The number of esters is 1. The highest BCUT2D eigenvalue weighted by Gasteiger charge is 2.46. The number of phenolic OH excluding ortho intramolecular Hbond substituents is 4. The molecular weight excluding hydrogens is 568 g/mol. The second-order valence-corrected chi connectivity index (χ2v) is 9.66. The molecule has 3 aromatic carbocycles. The van der Waals surface area contributed by atoms with Crippen LogP contribution < -0.4 is 10.2 Å². The molecule has 0 radical (unpaired) electrons. The lowest BCUT2D eigenvalue weighted by atomic mass is 9.99. The fraction of sp³-hybridized carbons (Fsp3) is 0.200. The molecule has 0 aliphatic carbocycles. The zero-order chi connectivity index (χ0) is 30.8. The number of hydrogen-bond acceptors (Lipinski definition) is 13. The van der Waals surface area contributed by atoms with Crippen molar-refractivity contribution in [3.8, 4) is 40.1 Å². The number of carbonyl (C=O) groups excluding carboxylic acids is 1. The normalized spacial score (nSPS) is 22.1. The van der Waals surface area contributed by atoms with Gasteiger partial charge < -0.3 is 54.4 Å². The maximum Gasteiger partial charge on any atom is 0.330 e. The zero-order valence-electron chi connectivity index (χ0n) is 22.1. The number of fused-ring (bicyclic) bond motifs is 1. The summed E-state index contributed by atoms with van der Waals surface area (Å²) in [7, 11) is 0. The van der Waals surface area contributed by atoms with Crippen molar-refractivity contribution in [1.82, 2.24) is 0 Å². The van der Waals surface area contributed by atoms with Gasteiger partial charge in [-0.1, -0.05) is 12.1 Å². The van der Waals surface area contributed by atoms with E-state index in [9.17, 15) is 45.3 Å². The Labute approximate surface area is 242 Å². The number of benzene rings is 3. The molecule has 13 heteroatoms. The third-order valence-electron chi connectivity index (χ3n) is 6.64. The number of hydrogen-bond donors (Lipinski definition) is 7. The van der Waals surface area contributed by atoms with E-state index in [2.05, 4.69) is 0 Å². The number of rotatable bonds is 7. The molecule has 0 amide bonds. The molecule has 4 aromatic rings. The lowest BCUT2D eigenvalue weighted by Crippen LogP contribution is -2.60. The van der Waals surface area contributed by atoms with E-state index >= 15 is 0 Å². The second-order valence-electron chi connectivity index (χ2n) is 9.66. The van der Waals surface area contributed by atoms with Gasteiger partial charge in [-0.25, -0.2) is 4.79 Å². The van der Waals surface area contributed by atoms with Crippen molar-refractivity contribution in [3.05, 3.63) is 82.5 Å². The van der Waals surface area contributed by atoms with Crippen LogP contribution in [0, 0.1) is 0 Å². The summed E-state index contributed by atoms with van der Waals surface area (Å²) in [6.45, 7) is -0.583. The van der Waals surface area contributed by atoms with Crippen molar-refractivity contribution in [1.29, 1.82) is 0 Å². The van der Waals surface area contributed by atoms with Crippen LogP contribution in [0.4, 0.5) is 0 Å². The molecule has 0 bridgehead atoms. The van der Waals surface area contributed by atoms with Crippen LogP contribution in [0.15, 0.2) is 76.0 Å². The molecule has 1 saturated heterocycles. The van der Waals surface area contributed by atoms with Gasteiger partial charge >= 0.3 is 5.97 Å². The Balaban J connectivity index is 1.42. The quantitative estimate of drug-likeness (QED) is 0.120. The molecule has 2 heterocycles. The maximum atomic E-state index is 13.5. The van der Waals surface area contributed by atoms with Crippen LogP contribution in [0.1, 0.15) is 5.56 Å². The highest BCUT2D eigenvalue weighted by Crippen LogP contribution is 2.37. The molecule has 224 valence electrons. The standard InChI is InChI=1S/C30H26O13/c31-16-6-1-14(2-7-16)3-10-22(35)40-13-21-24(36)26(38)27(39)30(42-21)43-29-25(37)23-19(34)11-18(33)12-20(23)41-28(29)15-4-8-17(32)9-5-15/h1-12,21,24,26-27,30-34,36,38-39H,13H2/t21?,24-,26?,27?,30+/m1/s1. The summed E-state index contributed by atoms with van der Waals surface area (Å²) in [4.78, 5) is 25.8. The molecule has 5 rings (SSSR count). The highest BCUT2D eigenvalue weighted by atomic mass is 16.7. The van der Waals surface area contributed by atoms with Gasteiger partial charge in [0.05, 0.1) is 0 Å². The number of aromatic hydroxyl groups is 4. The molecule has 1 aliphatic heterocycles. The van der Waals surface area contributed by atoms with Crippen LogP contribution in [0.3, 0.4) is 0 Å². The summed E-state index contributed by atoms with van der Waals surface area (Å²) >= 11 is 0. The molecular formula is C30H26O13. The predicted molar refractivity (Wildman–Crippen MR) is 148 cm³/mol. The molecule has 7 N–H and O–H groups in total. The molecule has 1 aromatic heterocycles. The van der Waals surface area contributed by atoms with Gasteiger partial charge in [-0.15, -0.1) is 0 Å². The molecule has 43 heavy (non-hydrogen) atoms. The van der Waals surface area contributed by atoms with Crippen molar-refractivity contribution in [2.24, 2.45) is 0 Å². The Morgan fingerprint density at radius 3 is 2.16 bits per heavy atom. The van der Waals surface area contributed by atoms with Crippen LogP contribution in [0.5, 0.6) is 28.7 Å². The first-order valence-electron chi connectivity index (χ1n) is 12.8. The van der Waals surface area contributed by atoms with Gasteiger partial charge in [-0.3, -0.25) is 4.79 Å². The average molecular weight is 595 g/mol. The van der Waals surface area contributed by atoms with Gasteiger partial charge in [0, 0.05) is 23.8 Å². The minimum absolute atomic E-state index is 0.0495. The van der Waals surface area contributed by atoms with E-state index < -0.39 is 66.0 Å². The fourth-order valence-electron chi connectivity index (χ4n) is 4.41. The van der Waals surface area contributed by atoms with Crippen molar-refractivity contribution < 1.29 is 59.2 Å². The Hall–Kier alpha value is -5.08. The fourth-order valence-corrected chi connectivity index (χ4v) is 4.41. The van der Waals surface area contributed by atoms with Crippen LogP contribution in [0.2, 0.25) is 0 Å². The number of ether oxygens (including phenoxy) is 3. The van der Waals surface area contributed by atoms with E-state index in [1.807, 2.05) is 0 Å². The Kier molecular flexibility index (Phi) is 8.23. The minimum atomic E-state index is -1.90. The first-order valence-corrected chi connectivity index (χ1v) is 12.8. The summed E-state index contributed by atoms with van der Waals surface area (Å²) < 4.78 is 22.2. The third-order valence-corrected chi connectivity index (χ3v) is 6.64. The van der Waals surface area contributed by atoms with E-state index in [1.165, 1.54) is 42.5 Å². The van der Waals surface area contributed by atoms with Gasteiger partial charge in [0.25, 0.3) is 0 Å². The van der Waals surface area contributed by atoms with Crippen LogP contribution in [0.25, 0.3) is 28.4 Å². The van der Waals surface area contributed by atoms with E-state index in [0.717, 1.165) is 18.2 Å². The largest absolute Gasteiger partial charge is 0.508 e. The van der Waals surface area contributed by atoms with Crippen molar-refractivity contribution in [3.63, 3.8) is 0 Å². The Morgan fingerprint density at radius 1 is 0.837 bits per heavy atom. The Bertz CT molecular complexity index is 1710. The van der Waals surface area contributed by atoms with Crippen molar-refractivity contribution in [2.45, 2.75) is 30.7 Å². The van der Waals surface area contributed by atoms with E-state index in [0.29, 0.717) is 5.56 Å². The third kappa shape index (κ3) is 6.24. The minimum Gasteiger partial charge on any atom is -0.508 e. The summed E-state index contributed by atoms with van der Waals surface area (Å²) in [5.41, 5.74) is -0.328. The van der Waals surface area contributed by atoms with E-state index in [-0.39, 0.29) is 33.8 Å². The molecule has 0 spiro atoms. The predicted octanol–water partition coefficient (Wildman–Crippen LogP) is 1.73. The van der Waals surface area contributed by atoms with Gasteiger partial charge in [-0.2, -0.15) is 0 Å². The number of phenols is 4. The number of aliphatic hydroxyl groups excluding tert-OH is 3. The van der Waals surface area contributed by atoms with Crippen LogP contribution in [-0.2, 0) is 14.3 Å². The van der Waals surface area contributed by atoms with Crippen LogP contribution in [-0.4, -0.2) is 79.0 Å². The zero-order valence-corrected chi connectivity index (χ0v) is 22.1. The topological polar surface area (TPSA) is 217 Å². The molecule has 0 saturated carbocycles. The average Bonchev–Trinajstić information content (AvgIpc) is 2.97. The number of aliphatic hydroxyl groups is 3. The lowest BCUT2D eigenvalue weighted by molar-refractivity contribution is -0.278. The van der Waals surface area contributed by atoms with Crippen molar-refractivity contribution >= 4 is 23.0 Å². The van der Waals surface area contributed by atoms with Gasteiger partial charge in [-0.05, 0) is 48.0 Å². The monoisotopic (exact) mass is 594 g/mol. The van der Waals surface area contributed by atoms with Gasteiger partial charge in [0.1, 0.15) is 65.0 Å². The number of carbonyl (C=O) groups is 1. The van der Waals surface area contributed by atoms with Gasteiger partial charge in [0.15, 0.2) is 5.76 Å². The SMILES string of the molecule is O=C(C=Cc1ccc(O)cc1)OCC1O[C@@H](Oc2c(-c3ccc(O)cc3)oc3cc(O)cc(O)c3c2=O)C(O)C(O)[C@@H]1O. The van der Waals surface area contributed by atoms with Gasteiger partial charge in [0.2, 0.25) is 17.5 Å². The lowest BCUT2D eigenvalue weighted by Gasteiger charge is -2.39. The second kappa shape index (κ2) is 12.0. The molecule has 5 atom stereocenters. The smallest absolute Gasteiger partial charge is 0.330 e. The summed E-state index contributed by atoms with van der Waals surface area (Å²) in [5, 5.41) is 70.6.